The predicted molar refractivity (Wildman–Crippen MR) is 73.7 cm³/mol. The Bertz CT molecular complexity index is 652. The first-order valence-corrected chi connectivity index (χ1v) is 5.99. The summed E-state index contributed by atoms with van der Waals surface area (Å²) in [5.74, 6) is 0.870. The molecule has 0 saturated heterocycles. The number of rotatable bonds is 1. The molecule has 2 N–H and O–H groups in total. The molecule has 0 amide bonds. The average Bonchev–Trinajstić information content (AvgIpc) is 2.38. The summed E-state index contributed by atoms with van der Waals surface area (Å²) in [6, 6.07) is 10.1. The molecule has 3 rings (SSSR count). The molecule has 18 heavy (non-hydrogen) atoms. The summed E-state index contributed by atoms with van der Waals surface area (Å²) in [5.41, 5.74) is 8.70. The standard InChI is InChI=1S/C14H14N4/c1-9-8-12(15)17-18-13(9)11-6-2-4-10-5-3-7-16-14(10)11/h2-7,9H,8H2,1H3,(H2,15,17). The van der Waals surface area contributed by atoms with Gasteiger partial charge in [-0.3, -0.25) is 4.98 Å². The zero-order valence-corrected chi connectivity index (χ0v) is 10.2. The molecule has 2 aromatic rings. The molecule has 1 atom stereocenters. The van der Waals surface area contributed by atoms with Crippen molar-refractivity contribution in [3.8, 4) is 0 Å². The van der Waals surface area contributed by atoms with Gasteiger partial charge in [0.25, 0.3) is 0 Å². The number of hydrogen-bond acceptors (Lipinski definition) is 4. The van der Waals surface area contributed by atoms with Crippen LogP contribution in [0.25, 0.3) is 10.9 Å². The minimum atomic E-state index is 0.273. The van der Waals surface area contributed by atoms with E-state index < -0.39 is 0 Å². The van der Waals surface area contributed by atoms with E-state index in [0.29, 0.717) is 5.84 Å². The Morgan fingerprint density at radius 1 is 1.17 bits per heavy atom. The lowest BCUT2D eigenvalue weighted by Crippen LogP contribution is -2.25. The Kier molecular flexibility index (Phi) is 2.55. The number of amidine groups is 1. The highest BCUT2D eigenvalue weighted by Gasteiger charge is 2.20. The Morgan fingerprint density at radius 2 is 2.00 bits per heavy atom. The smallest absolute Gasteiger partial charge is 0.123 e. The van der Waals surface area contributed by atoms with Crippen molar-refractivity contribution in [1.82, 2.24) is 4.98 Å². The van der Waals surface area contributed by atoms with E-state index in [-0.39, 0.29) is 5.92 Å². The van der Waals surface area contributed by atoms with E-state index in [1.807, 2.05) is 18.2 Å². The van der Waals surface area contributed by atoms with E-state index >= 15 is 0 Å². The highest BCUT2D eigenvalue weighted by Crippen LogP contribution is 2.23. The fourth-order valence-corrected chi connectivity index (χ4v) is 2.30. The van der Waals surface area contributed by atoms with Crippen molar-refractivity contribution in [3.05, 3.63) is 42.1 Å². The number of fused-ring (bicyclic) bond motifs is 1. The van der Waals surface area contributed by atoms with Crippen molar-refractivity contribution in [2.45, 2.75) is 13.3 Å². The fourth-order valence-electron chi connectivity index (χ4n) is 2.30. The summed E-state index contributed by atoms with van der Waals surface area (Å²) in [4.78, 5) is 4.45. The van der Waals surface area contributed by atoms with Gasteiger partial charge in [0.1, 0.15) is 5.84 Å². The highest BCUT2D eigenvalue weighted by molar-refractivity contribution is 6.12. The molecule has 2 heterocycles. The summed E-state index contributed by atoms with van der Waals surface area (Å²) in [7, 11) is 0. The first-order chi connectivity index (χ1) is 8.75. The monoisotopic (exact) mass is 238 g/mol. The molecule has 4 nitrogen and oxygen atoms in total. The minimum Gasteiger partial charge on any atom is -0.386 e. The van der Waals surface area contributed by atoms with Gasteiger partial charge in [-0.05, 0) is 6.07 Å². The number of para-hydroxylation sites is 1. The van der Waals surface area contributed by atoms with Crippen LogP contribution in [-0.2, 0) is 0 Å². The second-order valence-corrected chi connectivity index (χ2v) is 4.56. The van der Waals surface area contributed by atoms with Gasteiger partial charge in [-0.1, -0.05) is 31.2 Å². The zero-order chi connectivity index (χ0) is 12.5. The molecule has 4 heteroatoms. The molecular weight excluding hydrogens is 224 g/mol. The maximum atomic E-state index is 5.71. The van der Waals surface area contributed by atoms with E-state index in [4.69, 9.17) is 5.73 Å². The number of nitrogens with zero attached hydrogens (tertiary/aromatic N) is 3. The molecule has 0 aliphatic carbocycles. The average molecular weight is 238 g/mol. The van der Waals surface area contributed by atoms with Gasteiger partial charge in [-0.25, -0.2) is 0 Å². The van der Waals surface area contributed by atoms with E-state index in [9.17, 15) is 0 Å². The van der Waals surface area contributed by atoms with Gasteiger partial charge in [0.15, 0.2) is 0 Å². The summed E-state index contributed by atoms with van der Waals surface area (Å²) in [6.07, 6.45) is 2.56. The van der Waals surface area contributed by atoms with Crippen LogP contribution in [0.5, 0.6) is 0 Å². The first kappa shape index (κ1) is 10.9. The van der Waals surface area contributed by atoms with Gasteiger partial charge >= 0.3 is 0 Å². The number of nitrogens with two attached hydrogens (primary N) is 1. The zero-order valence-electron chi connectivity index (χ0n) is 10.2. The summed E-state index contributed by atoms with van der Waals surface area (Å²) in [6.45, 7) is 2.11. The van der Waals surface area contributed by atoms with Gasteiger partial charge in [0.2, 0.25) is 0 Å². The Labute approximate surface area is 105 Å². The van der Waals surface area contributed by atoms with E-state index in [1.54, 1.807) is 6.20 Å². The number of benzene rings is 1. The lowest BCUT2D eigenvalue weighted by Gasteiger charge is -2.18. The second kappa shape index (κ2) is 4.22. The topological polar surface area (TPSA) is 63.6 Å². The molecule has 1 aromatic heterocycles. The summed E-state index contributed by atoms with van der Waals surface area (Å²) < 4.78 is 0. The summed E-state index contributed by atoms with van der Waals surface area (Å²) >= 11 is 0. The third-order valence-corrected chi connectivity index (χ3v) is 3.18. The Hall–Kier alpha value is -2.23. The van der Waals surface area contributed by atoms with Crippen LogP contribution in [0.15, 0.2) is 46.7 Å². The number of aromatic nitrogens is 1. The first-order valence-electron chi connectivity index (χ1n) is 5.99. The van der Waals surface area contributed by atoms with E-state index in [1.165, 1.54) is 0 Å². The number of hydrogen-bond donors (Lipinski definition) is 1. The fraction of sp³-hybridized carbons (Fsp3) is 0.214. The summed E-state index contributed by atoms with van der Waals surface area (Å²) in [5, 5.41) is 9.37. The lowest BCUT2D eigenvalue weighted by molar-refractivity contribution is 0.784. The van der Waals surface area contributed by atoms with Crippen molar-refractivity contribution in [2.24, 2.45) is 21.9 Å². The van der Waals surface area contributed by atoms with E-state index in [0.717, 1.165) is 28.6 Å². The quantitative estimate of drug-likeness (QED) is 0.828. The van der Waals surface area contributed by atoms with Crippen LogP contribution in [-0.4, -0.2) is 16.5 Å². The second-order valence-electron chi connectivity index (χ2n) is 4.56. The van der Waals surface area contributed by atoms with Crippen molar-refractivity contribution >= 4 is 22.5 Å². The van der Waals surface area contributed by atoms with Crippen LogP contribution >= 0.6 is 0 Å². The third kappa shape index (κ3) is 1.76. The molecule has 1 aromatic carbocycles. The molecule has 0 fully saturated rings. The lowest BCUT2D eigenvalue weighted by atomic mass is 9.93. The van der Waals surface area contributed by atoms with Gasteiger partial charge < -0.3 is 5.73 Å². The Morgan fingerprint density at radius 3 is 2.83 bits per heavy atom. The van der Waals surface area contributed by atoms with Crippen molar-refractivity contribution in [3.63, 3.8) is 0 Å². The molecule has 90 valence electrons. The van der Waals surface area contributed by atoms with Crippen LogP contribution in [0, 0.1) is 5.92 Å². The maximum absolute atomic E-state index is 5.71. The maximum Gasteiger partial charge on any atom is 0.123 e. The van der Waals surface area contributed by atoms with Gasteiger partial charge in [-0.15, -0.1) is 5.10 Å². The molecule has 0 saturated carbocycles. The third-order valence-electron chi connectivity index (χ3n) is 3.18. The normalized spacial score (nSPS) is 19.5. The van der Waals surface area contributed by atoms with Crippen LogP contribution in [0.3, 0.4) is 0 Å². The van der Waals surface area contributed by atoms with Gasteiger partial charge in [0, 0.05) is 29.5 Å². The Balaban J connectivity index is 2.21. The van der Waals surface area contributed by atoms with Crippen molar-refractivity contribution in [2.75, 3.05) is 0 Å². The SMILES string of the molecule is CC1CC(N)=NN=C1c1cccc2cccnc12. The van der Waals surface area contributed by atoms with Crippen LogP contribution in [0.2, 0.25) is 0 Å². The van der Waals surface area contributed by atoms with Crippen LogP contribution in [0.1, 0.15) is 18.9 Å². The largest absolute Gasteiger partial charge is 0.386 e. The molecular formula is C14H14N4. The van der Waals surface area contributed by atoms with Gasteiger partial charge in [-0.2, -0.15) is 5.10 Å². The van der Waals surface area contributed by atoms with Crippen LogP contribution in [0.4, 0.5) is 0 Å². The van der Waals surface area contributed by atoms with Crippen molar-refractivity contribution in [1.29, 1.82) is 0 Å². The molecule has 1 unspecified atom stereocenters. The number of pyridine rings is 1. The molecule has 0 bridgehead atoms. The molecule has 0 radical (unpaired) electrons. The minimum absolute atomic E-state index is 0.273. The van der Waals surface area contributed by atoms with E-state index in [2.05, 4.69) is 34.2 Å². The van der Waals surface area contributed by atoms with Gasteiger partial charge in [0.05, 0.1) is 11.2 Å². The van der Waals surface area contributed by atoms with Crippen LogP contribution < -0.4 is 5.73 Å². The molecule has 0 spiro atoms. The van der Waals surface area contributed by atoms with Crippen molar-refractivity contribution < 1.29 is 0 Å². The predicted octanol–water partition coefficient (Wildman–Crippen LogP) is 2.34. The molecule has 1 aliphatic rings. The highest BCUT2D eigenvalue weighted by atomic mass is 15.2. The molecule has 1 aliphatic heterocycles.